The average molecular weight is 250 g/mol. The maximum absolute atomic E-state index is 12.5. The van der Waals surface area contributed by atoms with Gasteiger partial charge >= 0.3 is 0 Å². The van der Waals surface area contributed by atoms with Crippen LogP contribution in [0.2, 0.25) is 0 Å². The molecule has 5 heteroatoms. The zero-order valence-corrected chi connectivity index (χ0v) is 11.1. The van der Waals surface area contributed by atoms with Crippen molar-refractivity contribution in [3.8, 4) is 0 Å². The lowest BCUT2D eigenvalue weighted by molar-refractivity contribution is -0.128. The number of rotatable bonds is 4. The number of nitrogens with two attached hydrogens (primary N) is 1. The van der Waals surface area contributed by atoms with E-state index in [1.807, 2.05) is 7.05 Å². The lowest BCUT2D eigenvalue weighted by Crippen LogP contribution is -2.39. The highest BCUT2D eigenvalue weighted by Gasteiger charge is 2.36. The molecule has 0 atom stereocenters. The Morgan fingerprint density at radius 1 is 1.39 bits per heavy atom. The Bertz CT molecular complexity index is 405. The van der Waals surface area contributed by atoms with Gasteiger partial charge in [-0.05, 0) is 12.8 Å². The number of Topliss-reactive ketones (excluding diaryl/α,β-unsaturated/α-hetero) is 1. The van der Waals surface area contributed by atoms with Crippen LogP contribution in [-0.2, 0) is 18.3 Å². The smallest absolute Gasteiger partial charge is 0.146 e. The minimum Gasteiger partial charge on any atom is -0.329 e. The lowest BCUT2D eigenvalue weighted by Gasteiger charge is -2.29. The van der Waals surface area contributed by atoms with E-state index < -0.39 is 0 Å². The molecular formula is C13H22N4O. The summed E-state index contributed by atoms with van der Waals surface area (Å²) in [6.45, 7) is 0.464. The van der Waals surface area contributed by atoms with Gasteiger partial charge in [-0.15, -0.1) is 5.10 Å². The molecule has 0 spiro atoms. The quantitative estimate of drug-likeness (QED) is 0.816. The summed E-state index contributed by atoms with van der Waals surface area (Å²) < 4.78 is 1.63. The fourth-order valence-electron chi connectivity index (χ4n) is 2.83. The SMILES string of the molecule is Cn1cc(CC(=O)C2(CN)CCCCCC2)nn1. The number of carbonyl (C=O) groups is 1. The van der Waals surface area contributed by atoms with Gasteiger partial charge in [0.2, 0.25) is 0 Å². The molecule has 2 rings (SSSR count). The van der Waals surface area contributed by atoms with Crippen LogP contribution >= 0.6 is 0 Å². The van der Waals surface area contributed by atoms with Crippen LogP contribution in [-0.4, -0.2) is 27.3 Å². The molecule has 100 valence electrons. The molecule has 0 radical (unpaired) electrons. The highest BCUT2D eigenvalue weighted by molar-refractivity contribution is 5.86. The third-order valence-corrected chi connectivity index (χ3v) is 4.03. The van der Waals surface area contributed by atoms with E-state index in [1.165, 1.54) is 12.8 Å². The number of nitrogens with zero attached hydrogens (tertiary/aromatic N) is 3. The second-order valence-corrected chi connectivity index (χ2v) is 5.38. The van der Waals surface area contributed by atoms with Crippen molar-refractivity contribution in [3.05, 3.63) is 11.9 Å². The molecule has 1 saturated carbocycles. The first-order valence-corrected chi connectivity index (χ1v) is 6.75. The van der Waals surface area contributed by atoms with Gasteiger partial charge in [-0.1, -0.05) is 30.9 Å². The molecule has 0 unspecified atom stereocenters. The Balaban J connectivity index is 2.08. The molecular weight excluding hydrogens is 228 g/mol. The number of hydrogen-bond acceptors (Lipinski definition) is 4. The van der Waals surface area contributed by atoms with Crippen molar-refractivity contribution >= 4 is 5.78 Å². The molecule has 2 N–H and O–H groups in total. The summed E-state index contributed by atoms with van der Waals surface area (Å²) in [7, 11) is 1.81. The van der Waals surface area contributed by atoms with Crippen LogP contribution < -0.4 is 5.73 Å². The Morgan fingerprint density at radius 3 is 2.56 bits per heavy atom. The molecule has 1 aliphatic rings. The van der Waals surface area contributed by atoms with Gasteiger partial charge in [-0.3, -0.25) is 9.48 Å². The normalized spacial score (nSPS) is 19.4. The number of hydrogen-bond donors (Lipinski definition) is 1. The predicted molar refractivity (Wildman–Crippen MR) is 68.9 cm³/mol. The fraction of sp³-hybridized carbons (Fsp3) is 0.769. The van der Waals surface area contributed by atoms with E-state index in [0.717, 1.165) is 31.4 Å². The van der Waals surface area contributed by atoms with Crippen LogP contribution in [0, 0.1) is 5.41 Å². The Kier molecular flexibility index (Phi) is 4.11. The third-order valence-electron chi connectivity index (χ3n) is 4.03. The maximum Gasteiger partial charge on any atom is 0.146 e. The summed E-state index contributed by atoms with van der Waals surface area (Å²) in [4.78, 5) is 12.5. The summed E-state index contributed by atoms with van der Waals surface area (Å²) in [5.41, 5.74) is 6.34. The predicted octanol–water partition coefficient (Wildman–Crippen LogP) is 1.23. The highest BCUT2D eigenvalue weighted by Crippen LogP contribution is 2.35. The van der Waals surface area contributed by atoms with Crippen molar-refractivity contribution < 1.29 is 4.79 Å². The van der Waals surface area contributed by atoms with Crippen molar-refractivity contribution in [2.24, 2.45) is 18.2 Å². The Morgan fingerprint density at radius 2 is 2.06 bits per heavy atom. The third kappa shape index (κ3) is 2.77. The molecule has 1 aromatic heterocycles. The van der Waals surface area contributed by atoms with Gasteiger partial charge in [0, 0.05) is 25.2 Å². The minimum absolute atomic E-state index is 0.243. The van der Waals surface area contributed by atoms with E-state index in [4.69, 9.17) is 5.73 Å². The summed E-state index contributed by atoms with van der Waals surface area (Å²) in [6, 6.07) is 0. The van der Waals surface area contributed by atoms with Crippen LogP contribution in [0.25, 0.3) is 0 Å². The highest BCUT2D eigenvalue weighted by atomic mass is 16.1. The van der Waals surface area contributed by atoms with Crippen LogP contribution in [0.15, 0.2) is 6.20 Å². The second-order valence-electron chi connectivity index (χ2n) is 5.38. The molecule has 0 amide bonds. The van der Waals surface area contributed by atoms with Gasteiger partial charge in [0.25, 0.3) is 0 Å². The molecule has 0 saturated heterocycles. The first kappa shape index (κ1) is 13.2. The first-order chi connectivity index (χ1) is 8.66. The van der Waals surface area contributed by atoms with Crippen molar-refractivity contribution in [2.45, 2.75) is 44.9 Å². The topological polar surface area (TPSA) is 73.8 Å². The molecule has 0 aliphatic heterocycles. The van der Waals surface area contributed by atoms with Crippen molar-refractivity contribution in [2.75, 3.05) is 6.54 Å². The van der Waals surface area contributed by atoms with E-state index in [-0.39, 0.29) is 11.2 Å². The average Bonchev–Trinajstić information content (AvgIpc) is 2.65. The zero-order chi connectivity index (χ0) is 13.0. The van der Waals surface area contributed by atoms with Crippen molar-refractivity contribution in [1.29, 1.82) is 0 Å². The van der Waals surface area contributed by atoms with Gasteiger partial charge in [0.05, 0.1) is 12.1 Å². The molecule has 5 nitrogen and oxygen atoms in total. The maximum atomic E-state index is 12.5. The summed E-state index contributed by atoms with van der Waals surface area (Å²) in [6.07, 6.45) is 8.71. The standard InChI is InChI=1S/C13H22N4O/c1-17-9-11(15-16-17)8-12(18)13(10-14)6-4-2-3-5-7-13/h9H,2-8,10,14H2,1H3. The zero-order valence-electron chi connectivity index (χ0n) is 11.1. The number of ketones is 1. The van der Waals surface area contributed by atoms with E-state index >= 15 is 0 Å². The Hall–Kier alpha value is -1.23. The number of carbonyl (C=O) groups excluding carboxylic acids is 1. The Labute approximate surface area is 108 Å². The van der Waals surface area contributed by atoms with Crippen LogP contribution in [0.3, 0.4) is 0 Å². The van der Waals surface area contributed by atoms with Gasteiger partial charge in [0.1, 0.15) is 5.78 Å². The summed E-state index contributed by atoms with van der Waals surface area (Å²) in [5, 5.41) is 7.86. The molecule has 0 aromatic carbocycles. The number of aromatic nitrogens is 3. The molecule has 18 heavy (non-hydrogen) atoms. The molecule has 0 bridgehead atoms. The van der Waals surface area contributed by atoms with E-state index in [2.05, 4.69) is 10.3 Å². The van der Waals surface area contributed by atoms with Gasteiger partial charge in [0.15, 0.2) is 0 Å². The molecule has 1 heterocycles. The van der Waals surface area contributed by atoms with E-state index in [0.29, 0.717) is 13.0 Å². The monoisotopic (exact) mass is 250 g/mol. The van der Waals surface area contributed by atoms with Crippen LogP contribution in [0.1, 0.15) is 44.2 Å². The van der Waals surface area contributed by atoms with Crippen LogP contribution in [0.4, 0.5) is 0 Å². The second kappa shape index (κ2) is 5.61. The minimum atomic E-state index is -0.311. The molecule has 1 aliphatic carbocycles. The largest absolute Gasteiger partial charge is 0.329 e. The van der Waals surface area contributed by atoms with Gasteiger partial charge in [-0.25, -0.2) is 0 Å². The molecule has 1 fully saturated rings. The van der Waals surface area contributed by atoms with Gasteiger partial charge < -0.3 is 5.73 Å². The van der Waals surface area contributed by atoms with Crippen molar-refractivity contribution in [3.63, 3.8) is 0 Å². The number of aryl methyl sites for hydroxylation is 1. The summed E-state index contributed by atoms with van der Waals surface area (Å²) in [5.74, 6) is 0.243. The summed E-state index contributed by atoms with van der Waals surface area (Å²) >= 11 is 0. The van der Waals surface area contributed by atoms with Crippen molar-refractivity contribution in [1.82, 2.24) is 15.0 Å². The van der Waals surface area contributed by atoms with Crippen LogP contribution in [0.5, 0.6) is 0 Å². The van der Waals surface area contributed by atoms with Gasteiger partial charge in [-0.2, -0.15) is 0 Å². The first-order valence-electron chi connectivity index (χ1n) is 6.75. The lowest BCUT2D eigenvalue weighted by atomic mass is 9.75. The fourth-order valence-corrected chi connectivity index (χ4v) is 2.83. The van der Waals surface area contributed by atoms with E-state index in [9.17, 15) is 4.79 Å². The molecule has 1 aromatic rings. The van der Waals surface area contributed by atoms with E-state index in [1.54, 1.807) is 10.9 Å².